The molecule has 8 nitrogen and oxygen atoms in total. The number of nitrogens with zero attached hydrogens (tertiary/aromatic N) is 4. The van der Waals surface area contributed by atoms with E-state index in [1.54, 1.807) is 19.1 Å². The van der Waals surface area contributed by atoms with Crippen LogP contribution in [0, 0.1) is 27.7 Å². The van der Waals surface area contributed by atoms with E-state index in [9.17, 15) is 9.59 Å². The van der Waals surface area contributed by atoms with Crippen molar-refractivity contribution in [3.63, 3.8) is 0 Å². The average Bonchev–Trinajstić information content (AvgIpc) is 3.21. The van der Waals surface area contributed by atoms with Gasteiger partial charge in [0.2, 0.25) is 0 Å². The highest BCUT2D eigenvalue weighted by Gasteiger charge is 2.17. The molecule has 0 aliphatic heterocycles. The molecule has 0 spiro atoms. The lowest BCUT2D eigenvalue weighted by Gasteiger charge is -2.09. The van der Waals surface area contributed by atoms with Gasteiger partial charge in [-0.2, -0.15) is 9.78 Å². The number of anilines is 1. The molecule has 0 radical (unpaired) electrons. The van der Waals surface area contributed by atoms with Crippen molar-refractivity contribution in [1.29, 1.82) is 0 Å². The Morgan fingerprint density at radius 3 is 2.38 bits per heavy atom. The van der Waals surface area contributed by atoms with E-state index in [2.05, 4.69) is 20.4 Å². The van der Waals surface area contributed by atoms with Crippen LogP contribution < -0.4 is 5.32 Å². The van der Waals surface area contributed by atoms with E-state index < -0.39 is 18.5 Å². The van der Waals surface area contributed by atoms with Crippen LogP contribution in [-0.4, -0.2) is 38.2 Å². The number of carbonyl (C=O) groups is 2. The maximum atomic E-state index is 12.3. The largest absolute Gasteiger partial charge is 0.451 e. The fourth-order valence-corrected chi connectivity index (χ4v) is 3.90. The Bertz CT molecular complexity index is 1050. The lowest BCUT2D eigenvalue weighted by molar-refractivity contribution is -0.119. The minimum atomic E-state index is -0.504. The second-order valence-electron chi connectivity index (χ2n) is 6.73. The molecule has 0 saturated heterocycles. The van der Waals surface area contributed by atoms with E-state index in [1.807, 2.05) is 33.8 Å². The minimum absolute atomic E-state index is 0.365. The molecule has 3 rings (SSSR count). The number of aryl methyl sites for hydroxylation is 5. The first kappa shape index (κ1) is 20.7. The zero-order valence-corrected chi connectivity index (χ0v) is 17.9. The molecule has 3 aromatic rings. The topological polar surface area (TPSA) is 99.0 Å². The van der Waals surface area contributed by atoms with Gasteiger partial charge in [0.15, 0.2) is 6.61 Å². The van der Waals surface area contributed by atoms with Crippen molar-refractivity contribution in [3.05, 3.63) is 50.6 Å². The first-order chi connectivity index (χ1) is 13.8. The molecule has 1 amide bonds. The van der Waals surface area contributed by atoms with Crippen molar-refractivity contribution in [3.8, 4) is 5.95 Å². The smallest absolute Gasteiger partial charge is 0.348 e. The number of carbonyl (C=O) groups excluding carboxylic acids is 2. The Hall–Kier alpha value is -3.07. The quantitative estimate of drug-likeness (QED) is 0.623. The molecule has 152 valence electrons. The number of esters is 1. The van der Waals surface area contributed by atoms with Crippen LogP contribution in [0.2, 0.25) is 0 Å². The molecule has 0 fully saturated rings. The highest BCUT2D eigenvalue weighted by atomic mass is 32.1. The molecule has 0 unspecified atom stereocenters. The number of amides is 1. The summed E-state index contributed by atoms with van der Waals surface area (Å²) in [6.07, 6.45) is 0.855. The number of aromatic nitrogens is 4. The van der Waals surface area contributed by atoms with Crippen molar-refractivity contribution in [2.24, 2.45) is 0 Å². The molecule has 0 saturated carbocycles. The van der Waals surface area contributed by atoms with Crippen molar-refractivity contribution < 1.29 is 14.3 Å². The first-order valence-corrected chi connectivity index (χ1v) is 10.0. The van der Waals surface area contributed by atoms with Gasteiger partial charge in [0.25, 0.3) is 11.9 Å². The molecule has 3 heterocycles. The van der Waals surface area contributed by atoms with Crippen LogP contribution in [0.5, 0.6) is 0 Å². The second kappa shape index (κ2) is 8.52. The third kappa shape index (κ3) is 4.86. The van der Waals surface area contributed by atoms with E-state index in [0.717, 1.165) is 28.2 Å². The molecule has 3 aromatic heterocycles. The lowest BCUT2D eigenvalue weighted by Crippen LogP contribution is -2.22. The van der Waals surface area contributed by atoms with Crippen LogP contribution in [0.25, 0.3) is 5.95 Å². The lowest BCUT2D eigenvalue weighted by atomic mass is 10.2. The number of thiophene rings is 1. The monoisotopic (exact) mass is 413 g/mol. The summed E-state index contributed by atoms with van der Waals surface area (Å²) in [6.45, 7) is 9.13. The van der Waals surface area contributed by atoms with Gasteiger partial charge in [-0.05, 0) is 51.8 Å². The zero-order chi connectivity index (χ0) is 21.1. The van der Waals surface area contributed by atoms with Crippen molar-refractivity contribution in [2.45, 2.75) is 41.0 Å². The van der Waals surface area contributed by atoms with Gasteiger partial charge in [-0.3, -0.25) is 4.79 Å². The highest BCUT2D eigenvalue weighted by molar-refractivity contribution is 7.14. The molecule has 0 aromatic carbocycles. The van der Waals surface area contributed by atoms with Gasteiger partial charge >= 0.3 is 5.97 Å². The molecule has 0 aliphatic rings. The molecule has 9 heteroatoms. The van der Waals surface area contributed by atoms with Gasteiger partial charge in [0, 0.05) is 22.3 Å². The minimum Gasteiger partial charge on any atom is -0.451 e. The van der Waals surface area contributed by atoms with Gasteiger partial charge < -0.3 is 10.1 Å². The summed E-state index contributed by atoms with van der Waals surface area (Å²) in [5, 5.41) is 7.06. The zero-order valence-electron chi connectivity index (χ0n) is 17.1. The summed E-state index contributed by atoms with van der Waals surface area (Å²) in [4.78, 5) is 34.9. The standard InChI is InChI=1S/C20H23N5O3S/c1-6-15-11(2)7-16(29-15)19(27)28-10-18(26)23-17-9-14(5)24-25(17)20-21-12(3)8-13(4)22-20/h7-9H,6,10H2,1-5H3,(H,23,26). The van der Waals surface area contributed by atoms with Crippen LogP contribution in [0.3, 0.4) is 0 Å². The maximum absolute atomic E-state index is 12.3. The third-order valence-corrected chi connectivity index (χ3v) is 5.50. The van der Waals surface area contributed by atoms with Crippen LogP contribution in [-0.2, 0) is 16.0 Å². The number of rotatable bonds is 6. The average molecular weight is 414 g/mol. The van der Waals surface area contributed by atoms with Crippen LogP contribution in [0.1, 0.15) is 44.1 Å². The fourth-order valence-electron chi connectivity index (χ4n) is 2.90. The van der Waals surface area contributed by atoms with Crippen molar-refractivity contribution in [2.75, 3.05) is 11.9 Å². The van der Waals surface area contributed by atoms with E-state index in [-0.39, 0.29) is 0 Å². The van der Waals surface area contributed by atoms with Gasteiger partial charge in [-0.1, -0.05) is 6.92 Å². The normalized spacial score (nSPS) is 10.8. The van der Waals surface area contributed by atoms with Crippen LogP contribution in [0.15, 0.2) is 18.2 Å². The Balaban J connectivity index is 1.69. The van der Waals surface area contributed by atoms with Crippen LogP contribution >= 0.6 is 11.3 Å². The summed E-state index contributed by atoms with van der Waals surface area (Å²) >= 11 is 1.39. The Morgan fingerprint density at radius 1 is 1.07 bits per heavy atom. The summed E-state index contributed by atoms with van der Waals surface area (Å²) < 4.78 is 6.63. The van der Waals surface area contributed by atoms with Gasteiger partial charge in [0.05, 0.1) is 5.69 Å². The number of hydrogen-bond acceptors (Lipinski definition) is 7. The van der Waals surface area contributed by atoms with Gasteiger partial charge in [0.1, 0.15) is 10.7 Å². The maximum Gasteiger partial charge on any atom is 0.348 e. The summed E-state index contributed by atoms with van der Waals surface area (Å²) in [5.74, 6) is -0.194. The predicted molar refractivity (Wildman–Crippen MR) is 111 cm³/mol. The summed E-state index contributed by atoms with van der Waals surface area (Å²) in [6, 6.07) is 5.35. The summed E-state index contributed by atoms with van der Waals surface area (Å²) in [5.41, 5.74) is 3.34. The second-order valence-corrected chi connectivity index (χ2v) is 7.86. The van der Waals surface area contributed by atoms with E-state index >= 15 is 0 Å². The van der Waals surface area contributed by atoms with Crippen LogP contribution in [0.4, 0.5) is 5.82 Å². The molecule has 1 N–H and O–H groups in total. The number of hydrogen-bond donors (Lipinski definition) is 1. The molecule has 0 bridgehead atoms. The highest BCUT2D eigenvalue weighted by Crippen LogP contribution is 2.23. The number of nitrogens with one attached hydrogen (secondary N) is 1. The Kier molecular flexibility index (Phi) is 6.07. The molecule has 0 atom stereocenters. The first-order valence-electron chi connectivity index (χ1n) is 9.22. The molecule has 0 aliphatic carbocycles. The van der Waals surface area contributed by atoms with Gasteiger partial charge in [-0.15, -0.1) is 11.3 Å². The van der Waals surface area contributed by atoms with Crippen molar-refractivity contribution >= 4 is 29.0 Å². The van der Waals surface area contributed by atoms with E-state index in [4.69, 9.17) is 4.74 Å². The third-order valence-electron chi connectivity index (χ3n) is 4.14. The van der Waals surface area contributed by atoms with Gasteiger partial charge in [-0.25, -0.2) is 14.8 Å². The Labute approximate surface area is 173 Å². The molecule has 29 heavy (non-hydrogen) atoms. The predicted octanol–water partition coefficient (Wildman–Crippen LogP) is 3.32. The van der Waals surface area contributed by atoms with E-state index in [1.165, 1.54) is 16.0 Å². The summed E-state index contributed by atoms with van der Waals surface area (Å²) in [7, 11) is 0. The molecular formula is C20H23N5O3S. The fraction of sp³-hybridized carbons (Fsp3) is 0.350. The molecular weight excluding hydrogens is 390 g/mol. The Morgan fingerprint density at radius 2 is 1.76 bits per heavy atom. The van der Waals surface area contributed by atoms with Crippen molar-refractivity contribution in [1.82, 2.24) is 19.7 Å². The SMILES string of the molecule is CCc1sc(C(=O)OCC(=O)Nc2cc(C)nn2-c2nc(C)cc(C)n2)cc1C. The number of ether oxygens (including phenoxy) is 1. The van der Waals surface area contributed by atoms with E-state index in [0.29, 0.717) is 22.3 Å².